The third kappa shape index (κ3) is 7.50. The topological polar surface area (TPSA) is 57.5 Å². The van der Waals surface area contributed by atoms with E-state index in [4.69, 9.17) is 0 Å². The number of hydrogen-bond donors (Lipinski definition) is 2. The van der Waals surface area contributed by atoms with Gasteiger partial charge in [-0.1, -0.05) is 71.1 Å². The first kappa shape index (κ1) is 21.5. The van der Waals surface area contributed by atoms with E-state index in [1.54, 1.807) is 13.8 Å². The van der Waals surface area contributed by atoms with Crippen LogP contribution in [0.1, 0.15) is 105 Å². The van der Waals surface area contributed by atoms with Crippen LogP contribution in [0, 0.1) is 13.8 Å². The number of benzene rings is 1. The number of unbranched alkanes of at least 4 members (excludes halogenated alkanes) is 10. The fourth-order valence-electron chi connectivity index (χ4n) is 3.18. The van der Waals surface area contributed by atoms with Gasteiger partial charge in [0.05, 0.1) is 5.56 Å². The minimum absolute atomic E-state index is 0.0170. The van der Waals surface area contributed by atoms with Crippen LogP contribution in [0.3, 0.4) is 0 Å². The molecule has 0 unspecified atom stereocenters. The molecule has 1 rings (SSSR count). The summed E-state index contributed by atoms with van der Waals surface area (Å²) < 4.78 is 0. The molecule has 0 aliphatic rings. The minimum Gasteiger partial charge on any atom is -0.508 e. The molecule has 0 atom stereocenters. The fraction of sp³-hybridized carbons (Fsp3) is 0.682. The van der Waals surface area contributed by atoms with Crippen molar-refractivity contribution < 1.29 is 15.0 Å². The van der Waals surface area contributed by atoms with E-state index in [1.807, 2.05) is 0 Å². The highest BCUT2D eigenvalue weighted by Gasteiger charge is 2.16. The van der Waals surface area contributed by atoms with E-state index in [9.17, 15) is 15.0 Å². The number of hydrogen-bond acceptors (Lipinski definition) is 3. The van der Waals surface area contributed by atoms with E-state index in [2.05, 4.69) is 6.92 Å². The van der Waals surface area contributed by atoms with Crippen LogP contribution < -0.4 is 0 Å². The van der Waals surface area contributed by atoms with Gasteiger partial charge in [-0.25, -0.2) is 0 Å². The van der Waals surface area contributed by atoms with Crippen LogP contribution in [-0.4, -0.2) is 16.0 Å². The number of rotatable bonds is 13. The van der Waals surface area contributed by atoms with E-state index in [0.29, 0.717) is 17.5 Å². The number of phenols is 2. The average Bonchev–Trinajstić information content (AvgIpc) is 2.60. The van der Waals surface area contributed by atoms with Crippen molar-refractivity contribution in [2.45, 2.75) is 97.8 Å². The number of carbonyl (C=O) groups excluding carboxylic acids is 1. The molecule has 2 N–H and O–H groups in total. The predicted octanol–water partition coefficient (Wildman–Crippen LogP) is 6.60. The summed E-state index contributed by atoms with van der Waals surface area (Å²) in [5, 5.41) is 20.0. The molecule has 1 aromatic carbocycles. The monoisotopic (exact) mass is 348 g/mol. The molecular formula is C22H36O3. The van der Waals surface area contributed by atoms with Crippen molar-refractivity contribution in [2.75, 3.05) is 0 Å². The van der Waals surface area contributed by atoms with Crippen molar-refractivity contribution in [3.8, 4) is 11.5 Å². The molecule has 0 radical (unpaired) electrons. The van der Waals surface area contributed by atoms with Gasteiger partial charge in [0.2, 0.25) is 0 Å². The second kappa shape index (κ2) is 11.9. The maximum atomic E-state index is 12.3. The van der Waals surface area contributed by atoms with Gasteiger partial charge in [-0.2, -0.15) is 0 Å². The van der Waals surface area contributed by atoms with Crippen molar-refractivity contribution in [2.24, 2.45) is 0 Å². The molecule has 0 fully saturated rings. The molecule has 0 heterocycles. The normalized spacial score (nSPS) is 11.0. The summed E-state index contributed by atoms with van der Waals surface area (Å²) in [5.41, 5.74) is 1.47. The number of ketones is 1. The summed E-state index contributed by atoms with van der Waals surface area (Å²) in [4.78, 5) is 12.3. The van der Waals surface area contributed by atoms with E-state index in [1.165, 1.54) is 63.9 Å². The Kier molecular flexibility index (Phi) is 10.3. The van der Waals surface area contributed by atoms with E-state index in [0.717, 1.165) is 12.8 Å². The van der Waals surface area contributed by atoms with Crippen molar-refractivity contribution in [3.05, 3.63) is 22.8 Å². The number of aromatic hydroxyl groups is 2. The van der Waals surface area contributed by atoms with Gasteiger partial charge in [-0.15, -0.1) is 0 Å². The number of carbonyl (C=O) groups is 1. The van der Waals surface area contributed by atoms with Gasteiger partial charge in [-0.05, 0) is 37.5 Å². The SMILES string of the molecule is CCCCCCCCCCCCCC(=O)c1cc(O)c(C)c(C)c1O. The summed E-state index contributed by atoms with van der Waals surface area (Å²) in [6.45, 7) is 5.71. The average molecular weight is 349 g/mol. The fourth-order valence-corrected chi connectivity index (χ4v) is 3.18. The molecule has 0 aliphatic carbocycles. The van der Waals surface area contributed by atoms with Gasteiger partial charge in [0, 0.05) is 6.42 Å². The highest BCUT2D eigenvalue weighted by atomic mass is 16.3. The van der Waals surface area contributed by atoms with Crippen LogP contribution in [0.2, 0.25) is 0 Å². The van der Waals surface area contributed by atoms with Crippen molar-refractivity contribution in [1.82, 2.24) is 0 Å². The summed E-state index contributed by atoms with van der Waals surface area (Å²) in [7, 11) is 0. The lowest BCUT2D eigenvalue weighted by molar-refractivity contribution is 0.0976. The second-order valence-electron chi connectivity index (χ2n) is 7.25. The molecule has 142 valence electrons. The van der Waals surface area contributed by atoms with Gasteiger partial charge in [0.15, 0.2) is 5.78 Å². The molecule has 0 aliphatic heterocycles. The van der Waals surface area contributed by atoms with Crippen LogP contribution in [0.15, 0.2) is 6.07 Å². The van der Waals surface area contributed by atoms with Crippen LogP contribution in [-0.2, 0) is 0 Å². The van der Waals surface area contributed by atoms with Gasteiger partial charge in [0.25, 0.3) is 0 Å². The largest absolute Gasteiger partial charge is 0.508 e. The first-order chi connectivity index (χ1) is 12.0. The standard InChI is InChI=1S/C22H36O3/c1-4-5-6-7-8-9-10-11-12-13-14-15-20(23)19-16-21(24)17(2)18(3)22(19)25/h16,24-25H,4-15H2,1-3H3. The lowest BCUT2D eigenvalue weighted by atomic mass is 9.97. The molecule has 0 saturated carbocycles. The number of phenolic OH excluding ortho intramolecular Hbond substituents is 2. The molecule has 3 nitrogen and oxygen atoms in total. The van der Waals surface area contributed by atoms with Gasteiger partial charge < -0.3 is 10.2 Å². The molecule has 1 aromatic rings. The molecule has 25 heavy (non-hydrogen) atoms. The van der Waals surface area contributed by atoms with E-state index in [-0.39, 0.29) is 22.8 Å². The first-order valence-electron chi connectivity index (χ1n) is 10.0. The lowest BCUT2D eigenvalue weighted by Crippen LogP contribution is -2.01. The third-order valence-corrected chi connectivity index (χ3v) is 5.15. The minimum atomic E-state index is -0.0770. The Morgan fingerprint density at radius 2 is 1.28 bits per heavy atom. The highest BCUT2D eigenvalue weighted by Crippen LogP contribution is 2.32. The van der Waals surface area contributed by atoms with Crippen LogP contribution in [0.4, 0.5) is 0 Å². The second-order valence-corrected chi connectivity index (χ2v) is 7.25. The molecule has 0 bridgehead atoms. The van der Waals surface area contributed by atoms with Crippen LogP contribution >= 0.6 is 0 Å². The maximum absolute atomic E-state index is 12.3. The third-order valence-electron chi connectivity index (χ3n) is 5.15. The van der Waals surface area contributed by atoms with Crippen molar-refractivity contribution >= 4 is 5.78 Å². The summed E-state index contributed by atoms with van der Waals surface area (Å²) >= 11 is 0. The summed E-state index contributed by atoms with van der Waals surface area (Å²) in [5.74, 6) is 0.0211. The molecule has 0 aromatic heterocycles. The first-order valence-corrected chi connectivity index (χ1v) is 10.0. The Labute approximate surface area is 153 Å². The van der Waals surface area contributed by atoms with Gasteiger partial charge in [-0.3, -0.25) is 4.79 Å². The molecule has 0 spiro atoms. The van der Waals surface area contributed by atoms with E-state index >= 15 is 0 Å². The van der Waals surface area contributed by atoms with Crippen LogP contribution in [0.25, 0.3) is 0 Å². The Morgan fingerprint density at radius 3 is 1.80 bits per heavy atom. The smallest absolute Gasteiger partial charge is 0.166 e. The summed E-state index contributed by atoms with van der Waals surface area (Å²) in [6, 6.07) is 1.40. The van der Waals surface area contributed by atoms with E-state index < -0.39 is 0 Å². The highest BCUT2D eigenvalue weighted by molar-refractivity contribution is 5.99. The zero-order valence-electron chi connectivity index (χ0n) is 16.4. The zero-order chi connectivity index (χ0) is 18.7. The quantitative estimate of drug-likeness (QED) is 0.240. The lowest BCUT2D eigenvalue weighted by Gasteiger charge is -2.11. The Bertz CT molecular complexity index is 535. The van der Waals surface area contributed by atoms with Gasteiger partial charge in [0.1, 0.15) is 11.5 Å². The van der Waals surface area contributed by atoms with Crippen LogP contribution in [0.5, 0.6) is 11.5 Å². The Balaban J connectivity index is 2.18. The molecule has 0 saturated heterocycles. The summed E-state index contributed by atoms with van der Waals surface area (Å²) in [6.07, 6.45) is 14.2. The Hall–Kier alpha value is -1.51. The number of Topliss-reactive ketones (excluding diaryl/α,β-unsaturated/α-hetero) is 1. The zero-order valence-corrected chi connectivity index (χ0v) is 16.4. The maximum Gasteiger partial charge on any atom is 0.166 e. The molecule has 0 amide bonds. The van der Waals surface area contributed by atoms with Crippen molar-refractivity contribution in [1.29, 1.82) is 0 Å². The molecule has 3 heteroatoms. The van der Waals surface area contributed by atoms with Crippen molar-refractivity contribution in [3.63, 3.8) is 0 Å². The predicted molar refractivity (Wildman–Crippen MR) is 105 cm³/mol. The van der Waals surface area contributed by atoms with Gasteiger partial charge >= 0.3 is 0 Å². The molecular weight excluding hydrogens is 312 g/mol. The Morgan fingerprint density at radius 1 is 0.800 bits per heavy atom.